The van der Waals surface area contributed by atoms with Crippen molar-refractivity contribution in [1.29, 1.82) is 0 Å². The molecular formula is C9H17N3O6S. The number of nitrogens with one attached hydrogen (secondary N) is 3. The number of rotatable bonds is 8. The molecule has 9 nitrogen and oxygen atoms in total. The van der Waals surface area contributed by atoms with E-state index in [0.717, 1.165) is 6.26 Å². The lowest BCUT2D eigenvalue weighted by Gasteiger charge is -2.06. The van der Waals surface area contributed by atoms with Crippen LogP contribution in [0.5, 0.6) is 0 Å². The second kappa shape index (κ2) is 8.43. The Bertz CT molecular complexity index is 433. The number of carboxylic acid groups (broad SMARTS) is 1. The minimum atomic E-state index is -3.25. The number of amides is 3. The molecule has 0 fully saturated rings. The lowest BCUT2D eigenvalue weighted by Crippen LogP contribution is -2.40. The molecular weight excluding hydrogens is 278 g/mol. The molecule has 0 radical (unpaired) electrons. The van der Waals surface area contributed by atoms with Crippen molar-refractivity contribution in [3.05, 3.63) is 0 Å². The van der Waals surface area contributed by atoms with Crippen molar-refractivity contribution in [2.75, 3.05) is 19.3 Å². The number of urea groups is 1. The van der Waals surface area contributed by atoms with Crippen LogP contribution in [-0.2, 0) is 19.6 Å². The van der Waals surface area contributed by atoms with E-state index in [-0.39, 0.29) is 25.9 Å². The van der Waals surface area contributed by atoms with Crippen molar-refractivity contribution in [1.82, 2.24) is 15.4 Å². The van der Waals surface area contributed by atoms with Crippen molar-refractivity contribution in [3.63, 3.8) is 0 Å². The molecule has 4 N–H and O–H groups in total. The van der Waals surface area contributed by atoms with Gasteiger partial charge in [0.05, 0.1) is 12.7 Å². The van der Waals surface area contributed by atoms with E-state index in [4.69, 9.17) is 5.11 Å². The van der Waals surface area contributed by atoms with Gasteiger partial charge in [-0.05, 0) is 6.42 Å². The minimum Gasteiger partial charge on any atom is -0.481 e. The second-order valence-electron chi connectivity index (χ2n) is 3.72. The van der Waals surface area contributed by atoms with Crippen LogP contribution in [0.4, 0.5) is 4.79 Å². The van der Waals surface area contributed by atoms with Gasteiger partial charge in [0.2, 0.25) is 15.9 Å². The zero-order valence-corrected chi connectivity index (χ0v) is 11.2. The summed E-state index contributed by atoms with van der Waals surface area (Å²) in [5.41, 5.74) is 0. The molecule has 0 aromatic carbocycles. The monoisotopic (exact) mass is 295 g/mol. The van der Waals surface area contributed by atoms with E-state index >= 15 is 0 Å². The van der Waals surface area contributed by atoms with Gasteiger partial charge in [-0.15, -0.1) is 0 Å². The molecule has 3 amide bonds. The summed E-state index contributed by atoms with van der Waals surface area (Å²) in [7, 11) is -3.25. The number of carbonyl (C=O) groups is 3. The van der Waals surface area contributed by atoms with E-state index < -0.39 is 27.9 Å². The summed E-state index contributed by atoms with van der Waals surface area (Å²) < 4.78 is 23.6. The van der Waals surface area contributed by atoms with Gasteiger partial charge in [0.15, 0.2) is 0 Å². The zero-order chi connectivity index (χ0) is 14.9. The molecule has 0 unspecified atom stereocenters. The molecule has 0 saturated carbocycles. The normalized spacial score (nSPS) is 10.8. The summed E-state index contributed by atoms with van der Waals surface area (Å²) in [4.78, 5) is 32.4. The Morgan fingerprint density at radius 2 is 1.74 bits per heavy atom. The van der Waals surface area contributed by atoms with Crippen LogP contribution in [0.2, 0.25) is 0 Å². The number of imide groups is 1. The molecule has 0 atom stereocenters. The van der Waals surface area contributed by atoms with E-state index in [1.54, 1.807) is 0 Å². The van der Waals surface area contributed by atoms with E-state index in [0.29, 0.717) is 6.42 Å². The maximum atomic E-state index is 11.1. The molecule has 0 heterocycles. The van der Waals surface area contributed by atoms with Crippen molar-refractivity contribution in [3.8, 4) is 0 Å². The molecule has 0 aliphatic rings. The molecule has 10 heteroatoms. The molecule has 110 valence electrons. The first-order chi connectivity index (χ1) is 8.70. The summed E-state index contributed by atoms with van der Waals surface area (Å²) in [5.74, 6) is -1.81. The lowest BCUT2D eigenvalue weighted by atomic mass is 10.3. The molecule has 19 heavy (non-hydrogen) atoms. The summed E-state index contributed by atoms with van der Waals surface area (Å²) in [6, 6.07) is -0.741. The van der Waals surface area contributed by atoms with Crippen LogP contribution in [0.15, 0.2) is 0 Å². The van der Waals surface area contributed by atoms with Gasteiger partial charge in [0, 0.05) is 19.5 Å². The van der Waals surface area contributed by atoms with Gasteiger partial charge in [-0.3, -0.25) is 14.9 Å². The fraction of sp³-hybridized carbons (Fsp3) is 0.667. The standard InChI is InChI=1S/C9H17N3O6S/c1-19(17,18)11-6-2-5-10-9(16)12-7(13)3-4-8(14)15/h11H,2-6H2,1H3,(H,14,15)(H2,10,12,13,16). The van der Waals surface area contributed by atoms with Crippen LogP contribution in [0.3, 0.4) is 0 Å². The van der Waals surface area contributed by atoms with Crippen LogP contribution in [0.25, 0.3) is 0 Å². The van der Waals surface area contributed by atoms with Gasteiger partial charge in [-0.2, -0.15) is 0 Å². The number of carboxylic acids is 1. The molecule has 0 aliphatic heterocycles. The van der Waals surface area contributed by atoms with E-state index in [1.165, 1.54) is 0 Å². The first-order valence-electron chi connectivity index (χ1n) is 5.45. The Kier molecular flexibility index (Phi) is 7.68. The quantitative estimate of drug-likeness (QED) is 0.406. The number of sulfonamides is 1. The molecule has 0 aromatic rings. The smallest absolute Gasteiger partial charge is 0.321 e. The Balaban J connectivity index is 3.64. The molecule has 0 rings (SSSR count). The second-order valence-corrected chi connectivity index (χ2v) is 5.55. The average Bonchev–Trinajstić information content (AvgIpc) is 2.24. The maximum Gasteiger partial charge on any atom is 0.321 e. The number of carbonyl (C=O) groups excluding carboxylic acids is 2. The number of aliphatic carboxylic acids is 1. The van der Waals surface area contributed by atoms with Crippen molar-refractivity contribution < 1.29 is 27.9 Å². The third-order valence-corrected chi connectivity index (χ3v) is 2.55. The van der Waals surface area contributed by atoms with E-state index in [1.807, 2.05) is 5.32 Å². The Morgan fingerprint density at radius 3 is 2.26 bits per heavy atom. The first kappa shape index (κ1) is 17.3. The average molecular weight is 295 g/mol. The highest BCUT2D eigenvalue weighted by atomic mass is 32.2. The van der Waals surface area contributed by atoms with Crippen LogP contribution >= 0.6 is 0 Å². The van der Waals surface area contributed by atoms with Crippen molar-refractivity contribution in [2.24, 2.45) is 0 Å². The van der Waals surface area contributed by atoms with Crippen LogP contribution in [-0.4, -0.2) is 50.8 Å². The summed E-state index contributed by atoms with van der Waals surface area (Å²) in [6.45, 7) is 0.354. The summed E-state index contributed by atoms with van der Waals surface area (Å²) >= 11 is 0. The Labute approximate surface area is 110 Å². The fourth-order valence-electron chi connectivity index (χ4n) is 1.00. The Hall–Kier alpha value is -1.68. The topological polar surface area (TPSA) is 142 Å². The lowest BCUT2D eigenvalue weighted by molar-refractivity contribution is -0.138. The maximum absolute atomic E-state index is 11.1. The van der Waals surface area contributed by atoms with Crippen LogP contribution in [0.1, 0.15) is 19.3 Å². The van der Waals surface area contributed by atoms with Gasteiger partial charge in [0.25, 0.3) is 0 Å². The fourth-order valence-corrected chi connectivity index (χ4v) is 1.52. The van der Waals surface area contributed by atoms with E-state index in [2.05, 4.69) is 10.0 Å². The van der Waals surface area contributed by atoms with Gasteiger partial charge in [-0.1, -0.05) is 0 Å². The molecule has 0 aliphatic carbocycles. The summed E-state index contributed by atoms with van der Waals surface area (Å²) in [6.07, 6.45) is 0.758. The minimum absolute atomic E-state index is 0.173. The van der Waals surface area contributed by atoms with Crippen molar-refractivity contribution in [2.45, 2.75) is 19.3 Å². The largest absolute Gasteiger partial charge is 0.481 e. The van der Waals surface area contributed by atoms with Crippen LogP contribution in [0, 0.1) is 0 Å². The van der Waals surface area contributed by atoms with Crippen LogP contribution < -0.4 is 15.4 Å². The Morgan fingerprint density at radius 1 is 1.11 bits per heavy atom. The molecule has 0 bridgehead atoms. The highest BCUT2D eigenvalue weighted by molar-refractivity contribution is 7.88. The number of hydrogen-bond acceptors (Lipinski definition) is 5. The number of hydrogen-bond donors (Lipinski definition) is 4. The predicted molar refractivity (Wildman–Crippen MR) is 65.9 cm³/mol. The third kappa shape index (κ3) is 12.6. The summed E-state index contributed by atoms with van der Waals surface area (Å²) in [5, 5.41) is 12.6. The van der Waals surface area contributed by atoms with Gasteiger partial charge >= 0.3 is 12.0 Å². The predicted octanol–water partition coefficient (Wildman–Crippen LogP) is -1.38. The van der Waals surface area contributed by atoms with E-state index in [9.17, 15) is 22.8 Å². The molecule has 0 saturated heterocycles. The van der Waals surface area contributed by atoms with Gasteiger partial charge < -0.3 is 10.4 Å². The zero-order valence-electron chi connectivity index (χ0n) is 10.4. The van der Waals surface area contributed by atoms with Gasteiger partial charge in [-0.25, -0.2) is 17.9 Å². The molecule has 0 aromatic heterocycles. The SMILES string of the molecule is CS(=O)(=O)NCCCNC(=O)NC(=O)CCC(=O)O. The highest BCUT2D eigenvalue weighted by Crippen LogP contribution is 1.88. The molecule has 0 spiro atoms. The van der Waals surface area contributed by atoms with Crippen molar-refractivity contribution >= 4 is 27.9 Å². The third-order valence-electron chi connectivity index (χ3n) is 1.82. The first-order valence-corrected chi connectivity index (χ1v) is 7.34. The van der Waals surface area contributed by atoms with Gasteiger partial charge in [0.1, 0.15) is 0 Å². The highest BCUT2D eigenvalue weighted by Gasteiger charge is 2.09.